The molecule has 1 aromatic heterocycles. The summed E-state index contributed by atoms with van der Waals surface area (Å²) in [5.41, 5.74) is 5.95. The summed E-state index contributed by atoms with van der Waals surface area (Å²) in [5.74, 6) is 0.871. The summed E-state index contributed by atoms with van der Waals surface area (Å²) in [4.78, 5) is 10.0. The van der Waals surface area contributed by atoms with Crippen molar-refractivity contribution >= 4 is 17.1 Å². The largest absolute Gasteiger partial charge is 0.370 e. The van der Waals surface area contributed by atoms with Crippen molar-refractivity contribution in [2.45, 2.75) is 38.8 Å². The number of fused-ring (bicyclic) bond motifs is 1. The van der Waals surface area contributed by atoms with Gasteiger partial charge in [0.25, 0.3) is 0 Å². The van der Waals surface area contributed by atoms with E-state index in [2.05, 4.69) is 69.9 Å². The third kappa shape index (κ3) is 4.14. The zero-order valence-electron chi connectivity index (χ0n) is 16.6. The summed E-state index contributed by atoms with van der Waals surface area (Å²) < 4.78 is 0. The Balaban J connectivity index is 1.28. The first-order chi connectivity index (χ1) is 13.6. The van der Waals surface area contributed by atoms with Gasteiger partial charge in [0.15, 0.2) is 0 Å². The molecule has 4 rings (SSSR count). The molecule has 1 unspecified atom stereocenters. The topological polar surface area (TPSA) is 55.5 Å². The lowest BCUT2D eigenvalue weighted by atomic mass is 10.0. The third-order valence-electron chi connectivity index (χ3n) is 5.52. The predicted molar refractivity (Wildman–Crippen MR) is 117 cm³/mol. The maximum atomic E-state index is 4.28. The van der Waals surface area contributed by atoms with E-state index in [1.165, 1.54) is 22.0 Å². The Hall–Kier alpha value is -2.95. The van der Waals surface area contributed by atoms with Gasteiger partial charge in [-0.2, -0.15) is 0 Å². The van der Waals surface area contributed by atoms with E-state index in [0.29, 0.717) is 6.04 Å². The van der Waals surface area contributed by atoms with Gasteiger partial charge in [-0.25, -0.2) is 0 Å². The van der Waals surface area contributed by atoms with Crippen LogP contribution in [0.2, 0.25) is 0 Å². The number of piperidine rings is 1. The first kappa shape index (κ1) is 18.4. The molecule has 2 aliphatic heterocycles. The van der Waals surface area contributed by atoms with Gasteiger partial charge in [-0.1, -0.05) is 24.8 Å². The summed E-state index contributed by atoms with van der Waals surface area (Å²) >= 11 is 0. The molecule has 0 aliphatic carbocycles. The minimum atomic E-state index is 0.374. The summed E-state index contributed by atoms with van der Waals surface area (Å²) in [6, 6.07) is 9.05. The number of allylic oxidation sites excluding steroid dienone is 1. The molecule has 5 heteroatoms. The quantitative estimate of drug-likeness (QED) is 0.686. The number of likely N-dealkylation sites (tertiary alicyclic amines) is 1. The minimum absolute atomic E-state index is 0.374. The van der Waals surface area contributed by atoms with Crippen LogP contribution >= 0.6 is 0 Å². The molecule has 3 N–H and O–H groups in total. The van der Waals surface area contributed by atoms with Crippen LogP contribution in [0.4, 0.5) is 0 Å². The van der Waals surface area contributed by atoms with E-state index in [9.17, 15) is 0 Å². The predicted octanol–water partition coefficient (Wildman–Crippen LogP) is 3.96. The highest BCUT2D eigenvalue weighted by Crippen LogP contribution is 2.23. The van der Waals surface area contributed by atoms with E-state index in [-0.39, 0.29) is 0 Å². The molecule has 2 aromatic rings. The Labute approximate surface area is 166 Å². The normalized spacial score (nSPS) is 19.0. The highest BCUT2D eigenvalue weighted by Gasteiger charge is 2.22. The Bertz CT molecular complexity index is 949. The van der Waals surface area contributed by atoms with Crippen LogP contribution in [-0.4, -0.2) is 35.2 Å². The number of hydrogen-bond acceptors (Lipinski definition) is 4. The lowest BCUT2D eigenvalue weighted by Crippen LogP contribution is -2.46. The van der Waals surface area contributed by atoms with E-state index in [1.54, 1.807) is 0 Å². The number of nitrogens with zero attached hydrogens (tertiary/aromatic N) is 2. The van der Waals surface area contributed by atoms with Crippen LogP contribution in [0, 0.1) is 6.92 Å². The van der Waals surface area contributed by atoms with Crippen molar-refractivity contribution < 1.29 is 0 Å². The summed E-state index contributed by atoms with van der Waals surface area (Å²) in [6.07, 6.45) is 7.07. The Morgan fingerprint density at radius 2 is 2.21 bits per heavy atom. The zero-order chi connectivity index (χ0) is 19.5. The molecule has 3 heterocycles. The fourth-order valence-corrected chi connectivity index (χ4v) is 3.99. The van der Waals surface area contributed by atoms with Crippen LogP contribution in [0.3, 0.4) is 0 Å². The van der Waals surface area contributed by atoms with Gasteiger partial charge in [0.1, 0.15) is 0 Å². The Morgan fingerprint density at radius 1 is 1.32 bits per heavy atom. The standard InChI is InChI=1S/C23H29N5/c1-16-6-7-23-20(11-16)12-22(27-23)14-25-18(3)26-21-5-4-10-28(15-21)17(2)19-8-9-24-13-19/h6-7,9,11-13,21,25-27H,2-5,8,10,14-15H2,1H3. The monoisotopic (exact) mass is 375 g/mol. The average Bonchev–Trinajstić information content (AvgIpc) is 3.35. The van der Waals surface area contributed by atoms with Crippen LogP contribution in [0.1, 0.15) is 30.5 Å². The van der Waals surface area contributed by atoms with E-state index >= 15 is 0 Å². The summed E-state index contributed by atoms with van der Waals surface area (Å²) in [5, 5.41) is 8.22. The number of H-pyrrole nitrogens is 1. The van der Waals surface area contributed by atoms with Gasteiger partial charge in [-0.05, 0) is 48.9 Å². The molecular formula is C23H29N5. The van der Waals surface area contributed by atoms with Gasteiger partial charge in [-0.3, -0.25) is 4.99 Å². The molecule has 1 atom stereocenters. The number of aliphatic imine (C=N–C) groups is 1. The van der Waals surface area contributed by atoms with Crippen LogP contribution in [-0.2, 0) is 6.54 Å². The Morgan fingerprint density at radius 3 is 3.04 bits per heavy atom. The fraction of sp³-hybridized carbons (Fsp3) is 0.348. The maximum absolute atomic E-state index is 4.28. The SMILES string of the molecule is C=C(NCc1cc2cc(C)ccc2[nH]1)NC1CCCN(C(=C)C2=CN=CC2)C1. The number of rotatable bonds is 7. The maximum Gasteiger partial charge on any atom is 0.0918 e. The van der Waals surface area contributed by atoms with Crippen LogP contribution < -0.4 is 10.6 Å². The number of nitrogens with one attached hydrogen (secondary N) is 3. The number of aromatic amines is 1. The van der Waals surface area contributed by atoms with E-state index in [0.717, 1.165) is 56.1 Å². The van der Waals surface area contributed by atoms with Crippen LogP contribution in [0.5, 0.6) is 0 Å². The minimum Gasteiger partial charge on any atom is -0.370 e. The molecule has 0 radical (unpaired) electrons. The summed E-state index contributed by atoms with van der Waals surface area (Å²) in [6.45, 7) is 13.3. The van der Waals surface area contributed by atoms with Gasteiger partial charge < -0.3 is 20.5 Å². The molecule has 2 aliphatic rings. The number of aromatic nitrogens is 1. The molecule has 1 aromatic carbocycles. The second kappa shape index (κ2) is 7.97. The fourth-order valence-electron chi connectivity index (χ4n) is 3.99. The first-order valence-corrected chi connectivity index (χ1v) is 10.0. The lowest BCUT2D eigenvalue weighted by molar-refractivity contribution is 0.244. The average molecular weight is 376 g/mol. The van der Waals surface area contributed by atoms with Gasteiger partial charge in [0, 0.05) is 54.9 Å². The van der Waals surface area contributed by atoms with Crippen molar-refractivity contribution in [3.63, 3.8) is 0 Å². The molecule has 28 heavy (non-hydrogen) atoms. The molecule has 1 fully saturated rings. The van der Waals surface area contributed by atoms with Gasteiger partial charge in [-0.15, -0.1) is 0 Å². The third-order valence-corrected chi connectivity index (χ3v) is 5.52. The number of hydrogen-bond donors (Lipinski definition) is 3. The first-order valence-electron chi connectivity index (χ1n) is 10.0. The zero-order valence-corrected chi connectivity index (χ0v) is 16.6. The number of benzene rings is 1. The molecule has 5 nitrogen and oxygen atoms in total. The second-order valence-corrected chi connectivity index (χ2v) is 7.78. The highest BCUT2D eigenvalue weighted by atomic mass is 15.2. The van der Waals surface area contributed by atoms with Crippen molar-refractivity contribution in [1.82, 2.24) is 20.5 Å². The Kier molecular flexibility index (Phi) is 5.24. The smallest absolute Gasteiger partial charge is 0.0918 e. The van der Waals surface area contributed by atoms with Crippen LogP contribution in [0.15, 0.2) is 65.7 Å². The van der Waals surface area contributed by atoms with Crippen molar-refractivity contribution in [2.24, 2.45) is 4.99 Å². The molecule has 0 amide bonds. The van der Waals surface area contributed by atoms with Gasteiger partial charge in [0.2, 0.25) is 0 Å². The van der Waals surface area contributed by atoms with Crippen molar-refractivity contribution in [2.75, 3.05) is 13.1 Å². The van der Waals surface area contributed by atoms with Gasteiger partial charge in [0.05, 0.1) is 12.4 Å². The van der Waals surface area contributed by atoms with Crippen molar-refractivity contribution in [1.29, 1.82) is 0 Å². The molecular weight excluding hydrogens is 346 g/mol. The molecule has 0 saturated carbocycles. The lowest BCUT2D eigenvalue weighted by Gasteiger charge is -2.37. The molecule has 0 bridgehead atoms. The molecule has 146 valence electrons. The van der Waals surface area contributed by atoms with E-state index in [4.69, 9.17) is 0 Å². The van der Waals surface area contributed by atoms with Crippen LogP contribution in [0.25, 0.3) is 10.9 Å². The number of aryl methyl sites for hydroxylation is 1. The van der Waals surface area contributed by atoms with E-state index < -0.39 is 0 Å². The van der Waals surface area contributed by atoms with Crippen molar-refractivity contribution in [3.05, 3.63) is 72.0 Å². The highest BCUT2D eigenvalue weighted by molar-refractivity contribution is 5.81. The second-order valence-electron chi connectivity index (χ2n) is 7.78. The summed E-state index contributed by atoms with van der Waals surface area (Å²) in [7, 11) is 0. The van der Waals surface area contributed by atoms with E-state index in [1.807, 2.05) is 12.4 Å². The van der Waals surface area contributed by atoms with Gasteiger partial charge >= 0.3 is 0 Å². The molecule has 1 saturated heterocycles. The van der Waals surface area contributed by atoms with Crippen molar-refractivity contribution in [3.8, 4) is 0 Å². The molecule has 0 spiro atoms.